The van der Waals surface area contributed by atoms with E-state index in [0.29, 0.717) is 13.2 Å². The van der Waals surface area contributed by atoms with Crippen LogP contribution in [0.25, 0.3) is 0 Å². The van der Waals surface area contributed by atoms with E-state index in [-0.39, 0.29) is 6.10 Å². The van der Waals surface area contributed by atoms with E-state index in [1.165, 1.54) is 0 Å². The molecule has 0 aliphatic carbocycles. The maximum Gasteiger partial charge on any atom is 0.109 e. The summed E-state index contributed by atoms with van der Waals surface area (Å²) in [6.07, 6.45) is -0.373. The molecule has 6 heteroatoms. The van der Waals surface area contributed by atoms with E-state index in [0.717, 1.165) is 45.9 Å². The molecule has 0 aromatic rings. The van der Waals surface area contributed by atoms with Gasteiger partial charge in [0.15, 0.2) is 0 Å². The van der Waals surface area contributed by atoms with Gasteiger partial charge in [-0.25, -0.2) is 0 Å². The van der Waals surface area contributed by atoms with Crippen LogP contribution in [0.2, 0.25) is 0 Å². The van der Waals surface area contributed by atoms with Crippen molar-refractivity contribution in [2.24, 2.45) is 0 Å². The normalized spacial score (nSPS) is 20.6. The Balaban J connectivity index is 2.08. The summed E-state index contributed by atoms with van der Waals surface area (Å²) in [7, 11) is 0. The molecule has 102 valence electrons. The van der Waals surface area contributed by atoms with Crippen molar-refractivity contribution in [2.45, 2.75) is 13.0 Å². The lowest BCUT2D eigenvalue weighted by Crippen LogP contribution is -2.49. The van der Waals surface area contributed by atoms with Gasteiger partial charge in [-0.3, -0.25) is 9.80 Å². The second-order valence-corrected chi connectivity index (χ2v) is 4.89. The Kier molecular flexibility index (Phi) is 8.67. The van der Waals surface area contributed by atoms with Crippen LogP contribution in [0.15, 0.2) is 0 Å². The van der Waals surface area contributed by atoms with Gasteiger partial charge in [0.25, 0.3) is 0 Å². The summed E-state index contributed by atoms with van der Waals surface area (Å²) in [4.78, 5) is 4.70. The molecule has 1 aliphatic rings. The summed E-state index contributed by atoms with van der Waals surface area (Å²) >= 11 is 1.82. The van der Waals surface area contributed by atoms with E-state index in [1.807, 2.05) is 29.9 Å². The van der Waals surface area contributed by atoms with Crippen LogP contribution >= 0.6 is 23.0 Å². The van der Waals surface area contributed by atoms with Crippen molar-refractivity contribution in [3.05, 3.63) is 0 Å². The lowest BCUT2D eigenvalue weighted by molar-refractivity contribution is 0.0442. The number of hydrogen-bond acceptors (Lipinski definition) is 5. The van der Waals surface area contributed by atoms with Crippen molar-refractivity contribution in [1.29, 1.82) is 0 Å². The maximum absolute atomic E-state index is 9.64. The van der Waals surface area contributed by atoms with E-state index in [9.17, 15) is 5.11 Å². The average Bonchev–Trinajstić information content (AvgIpc) is 2.32. The molecule has 0 saturated carbocycles. The first-order chi connectivity index (χ1) is 8.26. The van der Waals surface area contributed by atoms with E-state index in [1.54, 1.807) is 0 Å². The molecule has 0 radical (unpaired) electrons. The van der Waals surface area contributed by atoms with Gasteiger partial charge in [-0.15, -0.1) is 0 Å². The van der Waals surface area contributed by atoms with Gasteiger partial charge in [-0.1, -0.05) is 0 Å². The second kappa shape index (κ2) is 9.46. The Hall–Kier alpha value is 0.530. The summed E-state index contributed by atoms with van der Waals surface area (Å²) in [6.45, 7) is 9.93. The fourth-order valence-corrected chi connectivity index (χ4v) is 2.37. The summed E-state index contributed by atoms with van der Waals surface area (Å²) in [5.74, 6) is 0. The molecule has 0 aromatic carbocycles. The molecule has 1 atom stereocenters. The Morgan fingerprint density at radius 3 is 2.47 bits per heavy atom. The van der Waals surface area contributed by atoms with Crippen molar-refractivity contribution >= 4 is 23.0 Å². The first-order valence-electron chi connectivity index (χ1n) is 6.20. The summed E-state index contributed by atoms with van der Waals surface area (Å²) in [6, 6.07) is 0. The topological polar surface area (TPSA) is 45.2 Å². The zero-order chi connectivity index (χ0) is 12.5. The van der Waals surface area contributed by atoms with Gasteiger partial charge in [-0.2, -0.15) is 0 Å². The second-order valence-electron chi connectivity index (χ2n) is 4.27. The lowest BCUT2D eigenvalue weighted by atomic mass is 10.2. The predicted octanol–water partition coefficient (Wildman–Crippen LogP) is 0.368. The molecule has 1 heterocycles. The molecule has 1 rings (SSSR count). The molecule has 0 aromatic heterocycles. The van der Waals surface area contributed by atoms with Gasteiger partial charge in [0.05, 0.1) is 19.3 Å². The van der Waals surface area contributed by atoms with Gasteiger partial charge < -0.3 is 12.9 Å². The number of halogens is 1. The number of hydrogen-bond donors (Lipinski definition) is 1. The molecule has 0 bridgehead atoms. The van der Waals surface area contributed by atoms with Crippen LogP contribution in [0, 0.1) is 0 Å². The van der Waals surface area contributed by atoms with Crippen LogP contribution in [0.3, 0.4) is 0 Å². The molecule has 1 fully saturated rings. The predicted molar refractivity (Wildman–Crippen MR) is 75.4 cm³/mol. The van der Waals surface area contributed by atoms with Crippen LogP contribution in [0.5, 0.6) is 0 Å². The summed E-state index contributed by atoms with van der Waals surface area (Å²) in [5.41, 5.74) is 0. The SMILES string of the molecule is CCOCCN1CCN(CC(O)COI)CC1. The summed E-state index contributed by atoms with van der Waals surface area (Å²) < 4.78 is 10.2. The largest absolute Gasteiger partial charge is 0.389 e. The molecule has 5 nitrogen and oxygen atoms in total. The number of piperazine rings is 1. The average molecular weight is 358 g/mol. The minimum atomic E-state index is -0.373. The molecule has 1 N–H and O–H groups in total. The molecular formula is C11H23IN2O3. The number of aliphatic hydroxyl groups is 1. The van der Waals surface area contributed by atoms with Crippen molar-refractivity contribution in [3.63, 3.8) is 0 Å². The highest BCUT2D eigenvalue weighted by Crippen LogP contribution is 2.03. The number of aliphatic hydroxyl groups excluding tert-OH is 1. The minimum Gasteiger partial charge on any atom is -0.389 e. The highest BCUT2D eigenvalue weighted by atomic mass is 127. The third kappa shape index (κ3) is 6.88. The van der Waals surface area contributed by atoms with E-state index in [2.05, 4.69) is 9.80 Å². The molecule has 1 saturated heterocycles. The summed E-state index contributed by atoms with van der Waals surface area (Å²) in [5, 5.41) is 9.64. The third-order valence-electron chi connectivity index (χ3n) is 2.95. The van der Waals surface area contributed by atoms with Crippen molar-refractivity contribution in [2.75, 3.05) is 59.1 Å². The van der Waals surface area contributed by atoms with E-state index in [4.69, 9.17) is 7.80 Å². The minimum absolute atomic E-state index is 0.373. The Labute approximate surface area is 118 Å². The molecule has 17 heavy (non-hydrogen) atoms. The Morgan fingerprint density at radius 2 is 1.88 bits per heavy atom. The molecule has 1 aliphatic heterocycles. The lowest BCUT2D eigenvalue weighted by Gasteiger charge is -2.35. The van der Waals surface area contributed by atoms with E-state index < -0.39 is 0 Å². The van der Waals surface area contributed by atoms with Gasteiger partial charge in [0.2, 0.25) is 0 Å². The molecule has 1 unspecified atom stereocenters. The Bertz CT molecular complexity index is 190. The van der Waals surface area contributed by atoms with Gasteiger partial charge in [0, 0.05) is 45.9 Å². The third-order valence-corrected chi connectivity index (χ3v) is 3.30. The van der Waals surface area contributed by atoms with Crippen LogP contribution < -0.4 is 0 Å². The zero-order valence-corrected chi connectivity index (χ0v) is 12.6. The van der Waals surface area contributed by atoms with Crippen LogP contribution in [-0.4, -0.2) is 80.1 Å². The van der Waals surface area contributed by atoms with Gasteiger partial charge in [-0.05, 0) is 6.92 Å². The van der Waals surface area contributed by atoms with Crippen LogP contribution in [-0.2, 0) is 7.80 Å². The Morgan fingerprint density at radius 1 is 1.24 bits per heavy atom. The smallest absolute Gasteiger partial charge is 0.109 e. The van der Waals surface area contributed by atoms with Crippen molar-refractivity contribution < 1.29 is 12.9 Å². The highest BCUT2D eigenvalue weighted by Gasteiger charge is 2.18. The van der Waals surface area contributed by atoms with E-state index >= 15 is 0 Å². The van der Waals surface area contributed by atoms with Crippen LogP contribution in [0.4, 0.5) is 0 Å². The molecular weight excluding hydrogens is 335 g/mol. The molecule has 0 amide bonds. The fraction of sp³-hybridized carbons (Fsp3) is 1.00. The number of nitrogens with zero attached hydrogens (tertiary/aromatic N) is 2. The monoisotopic (exact) mass is 358 g/mol. The van der Waals surface area contributed by atoms with Crippen LogP contribution in [0.1, 0.15) is 6.92 Å². The standard InChI is InChI=1S/C11H23IN2O3/c1-2-16-8-7-13-3-5-14(6-4-13)9-11(15)10-17-12/h11,15H,2-10H2,1H3. The van der Waals surface area contributed by atoms with Gasteiger partial charge >= 0.3 is 0 Å². The quantitative estimate of drug-likeness (QED) is 0.502. The number of β-amino-alcohol motifs (C(OH)–C–C–N with tert-alkyl or cyclic N) is 1. The zero-order valence-electron chi connectivity index (χ0n) is 10.5. The first kappa shape index (κ1) is 15.6. The van der Waals surface area contributed by atoms with Gasteiger partial charge in [0.1, 0.15) is 23.0 Å². The molecule has 0 spiro atoms. The first-order valence-corrected chi connectivity index (χ1v) is 7.08. The fourth-order valence-electron chi connectivity index (χ4n) is 1.96. The van der Waals surface area contributed by atoms with Crippen molar-refractivity contribution in [3.8, 4) is 0 Å². The van der Waals surface area contributed by atoms with Crippen molar-refractivity contribution in [1.82, 2.24) is 9.80 Å². The number of ether oxygens (including phenoxy) is 1. The maximum atomic E-state index is 9.64. The number of rotatable bonds is 8. The highest BCUT2D eigenvalue weighted by molar-refractivity contribution is 14.1.